The summed E-state index contributed by atoms with van der Waals surface area (Å²) in [6.45, 7) is 4.75. The van der Waals surface area contributed by atoms with E-state index in [1.807, 2.05) is 19.9 Å². The smallest absolute Gasteiger partial charge is 0.260 e. The van der Waals surface area contributed by atoms with E-state index < -0.39 is 0 Å². The van der Waals surface area contributed by atoms with E-state index in [0.29, 0.717) is 23.1 Å². The van der Waals surface area contributed by atoms with E-state index >= 15 is 0 Å². The lowest BCUT2D eigenvalue weighted by Crippen LogP contribution is -2.27. The highest BCUT2D eigenvalue weighted by Crippen LogP contribution is 2.22. The van der Waals surface area contributed by atoms with Gasteiger partial charge in [-0.25, -0.2) is 0 Å². The van der Waals surface area contributed by atoms with Crippen LogP contribution in [0.5, 0.6) is 5.75 Å². The standard InChI is InChI=1S/C16H17N3O3S/c1-10-13(11(2)22-19-10)9-21-14-6-4-3-5-12(14)15(20)18-16-17-7-8-23-16/h3-6H,7-9H2,1-2H3,(H,17,18,20). The number of nitrogens with zero attached hydrogens (tertiary/aromatic N) is 2. The molecule has 2 aromatic rings. The molecule has 0 atom stereocenters. The van der Waals surface area contributed by atoms with E-state index in [0.717, 1.165) is 29.3 Å². The number of hydrogen-bond acceptors (Lipinski definition) is 6. The molecular formula is C16H17N3O3S. The number of amidine groups is 1. The maximum absolute atomic E-state index is 12.4. The Morgan fingerprint density at radius 2 is 2.22 bits per heavy atom. The second kappa shape index (κ2) is 6.87. The summed E-state index contributed by atoms with van der Waals surface area (Å²) < 4.78 is 10.9. The molecule has 0 spiro atoms. The largest absolute Gasteiger partial charge is 0.488 e. The first-order valence-electron chi connectivity index (χ1n) is 7.27. The van der Waals surface area contributed by atoms with Crippen LogP contribution in [0, 0.1) is 13.8 Å². The fourth-order valence-electron chi connectivity index (χ4n) is 2.21. The van der Waals surface area contributed by atoms with Crippen molar-refractivity contribution in [1.82, 2.24) is 10.5 Å². The highest BCUT2D eigenvalue weighted by Gasteiger charge is 2.17. The first-order chi connectivity index (χ1) is 11.1. The van der Waals surface area contributed by atoms with Gasteiger partial charge < -0.3 is 14.6 Å². The molecule has 1 N–H and O–H groups in total. The molecule has 6 nitrogen and oxygen atoms in total. The molecule has 0 fully saturated rings. The number of aliphatic imine (C=N–C) groups is 1. The molecule has 2 heterocycles. The summed E-state index contributed by atoms with van der Waals surface area (Å²) in [6.07, 6.45) is 0. The van der Waals surface area contributed by atoms with Crippen LogP contribution in [0.3, 0.4) is 0 Å². The number of thioether (sulfide) groups is 1. The van der Waals surface area contributed by atoms with Gasteiger partial charge in [-0.15, -0.1) is 0 Å². The van der Waals surface area contributed by atoms with Crippen LogP contribution < -0.4 is 10.1 Å². The predicted octanol–water partition coefficient (Wildman–Crippen LogP) is 2.70. The third-order valence-electron chi connectivity index (χ3n) is 3.49. The van der Waals surface area contributed by atoms with E-state index in [9.17, 15) is 4.79 Å². The third kappa shape index (κ3) is 3.56. The molecule has 0 saturated carbocycles. The molecule has 0 unspecified atom stereocenters. The van der Waals surface area contributed by atoms with Crippen molar-refractivity contribution >= 4 is 22.8 Å². The number of aryl methyl sites for hydroxylation is 2. The Kier molecular flexibility index (Phi) is 4.66. The third-order valence-corrected chi connectivity index (χ3v) is 4.38. The Bertz CT molecular complexity index is 735. The maximum atomic E-state index is 12.4. The van der Waals surface area contributed by atoms with Crippen LogP contribution in [0.1, 0.15) is 27.4 Å². The lowest BCUT2D eigenvalue weighted by Gasteiger charge is -2.11. The molecular weight excluding hydrogens is 314 g/mol. The zero-order valence-corrected chi connectivity index (χ0v) is 13.8. The van der Waals surface area contributed by atoms with Gasteiger partial charge in [-0.05, 0) is 26.0 Å². The average molecular weight is 331 g/mol. The van der Waals surface area contributed by atoms with Gasteiger partial charge in [0.15, 0.2) is 5.17 Å². The van der Waals surface area contributed by atoms with Crippen LogP contribution in [0.4, 0.5) is 0 Å². The number of amides is 1. The van der Waals surface area contributed by atoms with E-state index in [4.69, 9.17) is 9.26 Å². The van der Waals surface area contributed by atoms with E-state index in [1.54, 1.807) is 30.0 Å². The predicted molar refractivity (Wildman–Crippen MR) is 89.0 cm³/mol. The zero-order chi connectivity index (χ0) is 16.2. The second-order valence-electron chi connectivity index (χ2n) is 5.08. The van der Waals surface area contributed by atoms with Gasteiger partial charge in [-0.2, -0.15) is 0 Å². The highest BCUT2D eigenvalue weighted by atomic mass is 32.2. The van der Waals surface area contributed by atoms with Gasteiger partial charge in [0.05, 0.1) is 23.4 Å². The molecule has 23 heavy (non-hydrogen) atoms. The molecule has 0 aliphatic carbocycles. The summed E-state index contributed by atoms with van der Waals surface area (Å²) in [5.41, 5.74) is 2.17. The number of rotatable bonds is 4. The molecule has 0 saturated heterocycles. The fourth-order valence-corrected chi connectivity index (χ4v) is 2.94. The minimum atomic E-state index is -0.215. The van der Waals surface area contributed by atoms with Gasteiger partial charge in [0.25, 0.3) is 5.91 Å². The molecule has 7 heteroatoms. The SMILES string of the molecule is Cc1noc(C)c1COc1ccccc1C(=O)NC1=NCCS1. The number of carbonyl (C=O) groups is 1. The molecule has 1 amide bonds. The van der Waals surface area contributed by atoms with Crippen molar-refractivity contribution in [1.29, 1.82) is 0 Å². The van der Waals surface area contributed by atoms with E-state index in [1.165, 1.54) is 0 Å². The molecule has 1 aromatic heterocycles. The molecule has 0 radical (unpaired) electrons. The van der Waals surface area contributed by atoms with Crippen molar-refractivity contribution < 1.29 is 14.1 Å². The molecule has 1 aromatic carbocycles. The van der Waals surface area contributed by atoms with Crippen LogP contribution in [0.2, 0.25) is 0 Å². The summed E-state index contributed by atoms with van der Waals surface area (Å²) >= 11 is 1.54. The minimum Gasteiger partial charge on any atom is -0.488 e. The summed E-state index contributed by atoms with van der Waals surface area (Å²) in [5, 5.41) is 7.38. The Hall–Kier alpha value is -2.28. The second-order valence-corrected chi connectivity index (χ2v) is 6.16. The van der Waals surface area contributed by atoms with Gasteiger partial charge >= 0.3 is 0 Å². The fraction of sp³-hybridized carbons (Fsp3) is 0.312. The van der Waals surface area contributed by atoms with Crippen molar-refractivity contribution in [3.63, 3.8) is 0 Å². The number of benzene rings is 1. The normalized spacial score (nSPS) is 13.7. The first kappa shape index (κ1) is 15.6. The van der Waals surface area contributed by atoms with Crippen molar-refractivity contribution in [2.75, 3.05) is 12.3 Å². The Morgan fingerprint density at radius 1 is 1.39 bits per heavy atom. The van der Waals surface area contributed by atoms with Crippen LogP contribution in [-0.2, 0) is 6.61 Å². The Morgan fingerprint density at radius 3 is 2.91 bits per heavy atom. The maximum Gasteiger partial charge on any atom is 0.260 e. The van der Waals surface area contributed by atoms with Gasteiger partial charge in [0.1, 0.15) is 18.1 Å². The highest BCUT2D eigenvalue weighted by molar-refractivity contribution is 8.14. The molecule has 1 aliphatic heterocycles. The Balaban J connectivity index is 1.74. The zero-order valence-electron chi connectivity index (χ0n) is 13.0. The number of carbonyl (C=O) groups excluding carboxylic acids is 1. The van der Waals surface area contributed by atoms with Crippen molar-refractivity contribution in [2.45, 2.75) is 20.5 Å². The summed E-state index contributed by atoms with van der Waals surface area (Å²) in [4.78, 5) is 16.6. The number of nitrogens with one attached hydrogen (secondary N) is 1. The van der Waals surface area contributed by atoms with Crippen LogP contribution in [-0.4, -0.2) is 28.5 Å². The van der Waals surface area contributed by atoms with Crippen LogP contribution in [0.25, 0.3) is 0 Å². The molecule has 3 rings (SSSR count). The van der Waals surface area contributed by atoms with Crippen LogP contribution >= 0.6 is 11.8 Å². The topological polar surface area (TPSA) is 76.7 Å². The monoisotopic (exact) mass is 331 g/mol. The first-order valence-corrected chi connectivity index (χ1v) is 8.26. The molecule has 120 valence electrons. The molecule has 1 aliphatic rings. The summed E-state index contributed by atoms with van der Waals surface area (Å²) in [7, 11) is 0. The summed E-state index contributed by atoms with van der Waals surface area (Å²) in [6, 6.07) is 7.15. The Labute approximate surface area is 138 Å². The lowest BCUT2D eigenvalue weighted by atomic mass is 10.2. The van der Waals surface area contributed by atoms with Gasteiger partial charge in [0, 0.05) is 5.75 Å². The van der Waals surface area contributed by atoms with Crippen molar-refractivity contribution in [3.05, 3.63) is 46.8 Å². The van der Waals surface area contributed by atoms with Gasteiger partial charge in [-0.1, -0.05) is 29.1 Å². The van der Waals surface area contributed by atoms with E-state index in [2.05, 4.69) is 15.5 Å². The number of aromatic nitrogens is 1. The van der Waals surface area contributed by atoms with Crippen LogP contribution in [0.15, 0.2) is 33.8 Å². The lowest BCUT2D eigenvalue weighted by molar-refractivity contribution is 0.0973. The number of para-hydroxylation sites is 1. The summed E-state index contributed by atoms with van der Waals surface area (Å²) in [5.74, 6) is 1.93. The minimum absolute atomic E-state index is 0.215. The number of ether oxygens (including phenoxy) is 1. The average Bonchev–Trinajstić information content (AvgIpc) is 3.16. The quantitative estimate of drug-likeness (QED) is 0.932. The van der Waals surface area contributed by atoms with E-state index in [-0.39, 0.29) is 5.91 Å². The van der Waals surface area contributed by atoms with Gasteiger partial charge in [-0.3, -0.25) is 9.79 Å². The van der Waals surface area contributed by atoms with Crippen molar-refractivity contribution in [3.8, 4) is 5.75 Å². The van der Waals surface area contributed by atoms with Crippen molar-refractivity contribution in [2.24, 2.45) is 4.99 Å². The van der Waals surface area contributed by atoms with Gasteiger partial charge in [0.2, 0.25) is 0 Å². The molecule has 0 bridgehead atoms. The number of hydrogen-bond donors (Lipinski definition) is 1.